The van der Waals surface area contributed by atoms with E-state index in [9.17, 15) is 18.3 Å². The zero-order valence-corrected chi connectivity index (χ0v) is 11.1. The van der Waals surface area contributed by atoms with E-state index in [2.05, 4.69) is 10.2 Å². The van der Waals surface area contributed by atoms with Gasteiger partial charge >= 0.3 is 0 Å². The van der Waals surface area contributed by atoms with E-state index in [-0.39, 0.29) is 23.9 Å². The Bertz CT molecular complexity index is 602. The van der Waals surface area contributed by atoms with Crippen LogP contribution in [-0.2, 0) is 13.2 Å². The number of halogens is 3. The summed E-state index contributed by atoms with van der Waals surface area (Å²) in [5.41, 5.74) is 0.0780. The van der Waals surface area contributed by atoms with E-state index < -0.39 is 17.5 Å². The molecule has 0 radical (unpaired) electrons. The van der Waals surface area contributed by atoms with Crippen LogP contribution in [0.1, 0.15) is 19.7 Å². The largest absolute Gasteiger partial charge is 0.388 e. The summed E-state index contributed by atoms with van der Waals surface area (Å²) in [5, 5.41) is 16.8. The van der Waals surface area contributed by atoms with Crippen LogP contribution in [0.15, 0.2) is 12.1 Å². The first-order chi connectivity index (χ1) is 9.43. The Morgan fingerprint density at radius 1 is 1.15 bits per heavy atom. The number of hydrogen-bond acceptors (Lipinski definition) is 3. The molecule has 0 saturated heterocycles. The molecule has 20 heavy (non-hydrogen) atoms. The molecule has 1 heterocycles. The lowest BCUT2D eigenvalue weighted by Gasteiger charge is -2.12. The summed E-state index contributed by atoms with van der Waals surface area (Å²) in [6.45, 7) is 4.01. The Kier molecular flexibility index (Phi) is 4.08. The monoisotopic (exact) mass is 285 g/mol. The average molecular weight is 285 g/mol. The minimum atomic E-state index is -1.52. The van der Waals surface area contributed by atoms with E-state index >= 15 is 0 Å². The molecule has 0 unspecified atom stereocenters. The SMILES string of the molecule is CC(C)Cn1c(CO)nnc1-c1cc(F)c(F)c(F)c1. The van der Waals surface area contributed by atoms with Gasteiger partial charge in [-0.05, 0) is 18.1 Å². The molecule has 108 valence electrons. The Labute approximate surface area is 113 Å². The van der Waals surface area contributed by atoms with Crippen molar-refractivity contribution >= 4 is 0 Å². The standard InChI is InChI=1S/C13H14F3N3O/c1-7(2)5-19-11(6-20)17-18-13(19)8-3-9(14)12(16)10(15)4-8/h3-4,7,20H,5-6H2,1-2H3. The van der Waals surface area contributed by atoms with Crippen molar-refractivity contribution in [1.82, 2.24) is 14.8 Å². The number of nitrogens with zero attached hydrogens (tertiary/aromatic N) is 3. The van der Waals surface area contributed by atoms with E-state index in [1.165, 1.54) is 0 Å². The zero-order valence-electron chi connectivity index (χ0n) is 11.1. The van der Waals surface area contributed by atoms with Crippen molar-refractivity contribution in [2.45, 2.75) is 27.0 Å². The highest BCUT2D eigenvalue weighted by molar-refractivity contribution is 5.55. The van der Waals surface area contributed by atoms with Gasteiger partial charge in [0.15, 0.2) is 29.1 Å². The lowest BCUT2D eigenvalue weighted by molar-refractivity contribution is 0.262. The minimum Gasteiger partial charge on any atom is -0.388 e. The van der Waals surface area contributed by atoms with E-state index in [4.69, 9.17) is 0 Å². The van der Waals surface area contributed by atoms with Crippen LogP contribution in [0.5, 0.6) is 0 Å². The van der Waals surface area contributed by atoms with Crippen molar-refractivity contribution in [3.8, 4) is 11.4 Å². The lowest BCUT2D eigenvalue weighted by atomic mass is 10.1. The van der Waals surface area contributed by atoms with Gasteiger partial charge in [-0.15, -0.1) is 10.2 Å². The van der Waals surface area contributed by atoms with Gasteiger partial charge in [0.2, 0.25) is 0 Å². The Morgan fingerprint density at radius 2 is 1.75 bits per heavy atom. The number of benzene rings is 1. The fourth-order valence-electron chi connectivity index (χ4n) is 1.91. The van der Waals surface area contributed by atoms with Gasteiger partial charge in [0, 0.05) is 12.1 Å². The van der Waals surface area contributed by atoms with Crippen molar-refractivity contribution in [3.05, 3.63) is 35.4 Å². The number of hydrogen-bond donors (Lipinski definition) is 1. The number of rotatable bonds is 4. The fraction of sp³-hybridized carbons (Fsp3) is 0.385. The van der Waals surface area contributed by atoms with E-state index in [1.54, 1.807) is 4.57 Å². The second-order valence-electron chi connectivity index (χ2n) is 4.86. The molecular formula is C13H14F3N3O. The summed E-state index contributed by atoms with van der Waals surface area (Å²) >= 11 is 0. The molecule has 1 N–H and O–H groups in total. The third-order valence-electron chi connectivity index (χ3n) is 2.76. The highest BCUT2D eigenvalue weighted by Crippen LogP contribution is 2.24. The van der Waals surface area contributed by atoms with Gasteiger partial charge in [-0.3, -0.25) is 0 Å². The summed E-state index contributed by atoms with van der Waals surface area (Å²) in [6.07, 6.45) is 0. The van der Waals surface area contributed by atoms with Crippen molar-refractivity contribution < 1.29 is 18.3 Å². The van der Waals surface area contributed by atoms with E-state index in [0.29, 0.717) is 12.4 Å². The molecule has 0 aliphatic heterocycles. The van der Waals surface area contributed by atoms with Crippen LogP contribution in [0.4, 0.5) is 13.2 Å². The molecule has 0 aliphatic rings. The van der Waals surface area contributed by atoms with Crippen molar-refractivity contribution in [3.63, 3.8) is 0 Å². The topological polar surface area (TPSA) is 50.9 Å². The third-order valence-corrected chi connectivity index (χ3v) is 2.76. The van der Waals surface area contributed by atoms with Crippen LogP contribution in [0.3, 0.4) is 0 Å². The molecule has 0 aliphatic carbocycles. The predicted octanol–water partition coefficient (Wildman–Crippen LogP) is 2.51. The minimum absolute atomic E-state index is 0.0780. The molecule has 0 saturated carbocycles. The molecule has 2 rings (SSSR count). The van der Waals surface area contributed by atoms with Gasteiger partial charge in [0.1, 0.15) is 6.61 Å². The van der Waals surface area contributed by atoms with Crippen LogP contribution in [0.2, 0.25) is 0 Å². The maximum atomic E-state index is 13.3. The Hall–Kier alpha value is -1.89. The average Bonchev–Trinajstić information content (AvgIpc) is 2.77. The molecule has 2 aromatic rings. The number of aliphatic hydroxyl groups excluding tert-OH is 1. The summed E-state index contributed by atoms with van der Waals surface area (Å²) in [7, 11) is 0. The maximum absolute atomic E-state index is 13.3. The fourth-order valence-corrected chi connectivity index (χ4v) is 1.91. The molecule has 4 nitrogen and oxygen atoms in total. The molecule has 7 heteroatoms. The number of aliphatic hydroxyl groups is 1. The highest BCUT2D eigenvalue weighted by Gasteiger charge is 2.18. The second kappa shape index (κ2) is 5.62. The van der Waals surface area contributed by atoms with Gasteiger partial charge in [-0.1, -0.05) is 13.8 Å². The molecule has 0 amide bonds. The van der Waals surface area contributed by atoms with Gasteiger partial charge in [0.05, 0.1) is 0 Å². The smallest absolute Gasteiger partial charge is 0.194 e. The van der Waals surface area contributed by atoms with Crippen molar-refractivity contribution in [2.75, 3.05) is 0 Å². The predicted molar refractivity (Wildman–Crippen MR) is 66.1 cm³/mol. The van der Waals surface area contributed by atoms with Gasteiger partial charge < -0.3 is 9.67 Å². The van der Waals surface area contributed by atoms with Gasteiger partial charge in [-0.2, -0.15) is 0 Å². The van der Waals surface area contributed by atoms with Crippen LogP contribution >= 0.6 is 0 Å². The van der Waals surface area contributed by atoms with Gasteiger partial charge in [0.25, 0.3) is 0 Å². The maximum Gasteiger partial charge on any atom is 0.194 e. The summed E-state index contributed by atoms with van der Waals surface area (Å²) in [4.78, 5) is 0. The van der Waals surface area contributed by atoms with E-state index in [0.717, 1.165) is 12.1 Å². The summed E-state index contributed by atoms with van der Waals surface area (Å²) in [6, 6.07) is 1.72. The zero-order chi connectivity index (χ0) is 14.9. The Balaban J connectivity index is 2.55. The first-order valence-corrected chi connectivity index (χ1v) is 6.12. The third kappa shape index (κ3) is 2.67. The van der Waals surface area contributed by atoms with Crippen LogP contribution in [0, 0.1) is 23.4 Å². The lowest BCUT2D eigenvalue weighted by Crippen LogP contribution is -2.10. The normalized spacial score (nSPS) is 11.3. The van der Waals surface area contributed by atoms with Crippen molar-refractivity contribution in [2.24, 2.45) is 5.92 Å². The first kappa shape index (κ1) is 14.5. The van der Waals surface area contributed by atoms with Crippen LogP contribution in [-0.4, -0.2) is 19.9 Å². The molecule has 0 bridgehead atoms. The molecular weight excluding hydrogens is 271 g/mol. The molecule has 0 atom stereocenters. The highest BCUT2D eigenvalue weighted by atomic mass is 19.2. The quantitative estimate of drug-likeness (QED) is 0.878. The van der Waals surface area contributed by atoms with Crippen molar-refractivity contribution in [1.29, 1.82) is 0 Å². The first-order valence-electron chi connectivity index (χ1n) is 6.12. The summed E-state index contributed by atoms with van der Waals surface area (Å²) < 4.78 is 41.1. The van der Waals surface area contributed by atoms with Gasteiger partial charge in [-0.25, -0.2) is 13.2 Å². The molecule has 0 fully saturated rings. The molecule has 1 aromatic heterocycles. The van der Waals surface area contributed by atoms with Crippen LogP contribution < -0.4 is 0 Å². The molecule has 1 aromatic carbocycles. The summed E-state index contributed by atoms with van der Waals surface area (Å²) in [5.74, 6) is -3.40. The second-order valence-corrected chi connectivity index (χ2v) is 4.86. The van der Waals surface area contributed by atoms with E-state index in [1.807, 2.05) is 13.8 Å². The van der Waals surface area contributed by atoms with Crippen LogP contribution in [0.25, 0.3) is 11.4 Å². The number of aromatic nitrogens is 3. The Morgan fingerprint density at radius 3 is 2.25 bits per heavy atom. The molecule has 0 spiro atoms.